The number of benzene rings is 1. The number of nitro benzene ring substituents is 1. The van der Waals surface area contributed by atoms with E-state index in [0.717, 1.165) is 25.7 Å². The van der Waals surface area contributed by atoms with E-state index in [0.29, 0.717) is 16.5 Å². The molecule has 0 unspecified atom stereocenters. The number of nitrogens with zero attached hydrogens (tertiary/aromatic N) is 1. The van der Waals surface area contributed by atoms with Gasteiger partial charge in [-0.15, -0.1) is 0 Å². The number of nitro groups is 1. The minimum absolute atomic E-state index is 0.0810. The van der Waals surface area contributed by atoms with Crippen molar-refractivity contribution in [2.45, 2.75) is 38.1 Å². The number of hydrogen-bond acceptors (Lipinski definition) is 3. The standard InChI is InChI=1S/C13H17ClN2O2/c14-10-6-7-12(16(17)18)11(8-10)13(15)9-4-2-1-3-5-9/h6-9,13H,1-5,15H2/t13-/m1/s1. The fourth-order valence-electron chi connectivity index (χ4n) is 2.71. The van der Waals surface area contributed by atoms with Crippen LogP contribution in [-0.2, 0) is 0 Å². The Kier molecular flexibility index (Phi) is 4.19. The SMILES string of the molecule is N[C@@H](c1cc(Cl)ccc1[N+](=O)[O-])C1CCCCC1. The van der Waals surface area contributed by atoms with Gasteiger partial charge in [0.1, 0.15) is 0 Å². The lowest BCUT2D eigenvalue weighted by molar-refractivity contribution is -0.385. The predicted molar refractivity (Wildman–Crippen MR) is 71.6 cm³/mol. The Morgan fingerprint density at radius 2 is 2.00 bits per heavy atom. The summed E-state index contributed by atoms with van der Waals surface area (Å²) >= 11 is 5.93. The van der Waals surface area contributed by atoms with Crippen LogP contribution >= 0.6 is 11.6 Å². The van der Waals surface area contributed by atoms with Crippen molar-refractivity contribution in [3.05, 3.63) is 38.9 Å². The van der Waals surface area contributed by atoms with E-state index in [1.54, 1.807) is 6.07 Å². The Balaban J connectivity index is 2.30. The van der Waals surface area contributed by atoms with Gasteiger partial charge in [0, 0.05) is 22.7 Å². The van der Waals surface area contributed by atoms with Crippen LogP contribution < -0.4 is 5.73 Å². The molecule has 5 heteroatoms. The van der Waals surface area contributed by atoms with Gasteiger partial charge in [-0.2, -0.15) is 0 Å². The fraction of sp³-hybridized carbons (Fsp3) is 0.538. The maximum atomic E-state index is 11.0. The summed E-state index contributed by atoms with van der Waals surface area (Å²) in [6.45, 7) is 0. The van der Waals surface area contributed by atoms with Gasteiger partial charge < -0.3 is 5.73 Å². The summed E-state index contributed by atoms with van der Waals surface area (Å²) in [6, 6.07) is 4.33. The highest BCUT2D eigenvalue weighted by Gasteiger charge is 2.27. The first-order chi connectivity index (χ1) is 8.59. The van der Waals surface area contributed by atoms with Gasteiger partial charge in [-0.1, -0.05) is 30.9 Å². The molecule has 0 spiro atoms. The molecule has 1 aromatic carbocycles. The lowest BCUT2D eigenvalue weighted by atomic mass is 9.81. The van der Waals surface area contributed by atoms with Gasteiger partial charge in [-0.05, 0) is 30.9 Å². The second kappa shape index (κ2) is 5.67. The van der Waals surface area contributed by atoms with Gasteiger partial charge in [-0.25, -0.2) is 0 Å². The maximum absolute atomic E-state index is 11.0. The van der Waals surface area contributed by atoms with E-state index in [-0.39, 0.29) is 16.7 Å². The van der Waals surface area contributed by atoms with Gasteiger partial charge in [0.25, 0.3) is 5.69 Å². The first-order valence-corrected chi connectivity index (χ1v) is 6.67. The monoisotopic (exact) mass is 268 g/mol. The third-order valence-electron chi connectivity index (χ3n) is 3.70. The molecule has 18 heavy (non-hydrogen) atoms. The maximum Gasteiger partial charge on any atom is 0.274 e. The van der Waals surface area contributed by atoms with E-state index < -0.39 is 0 Å². The third kappa shape index (κ3) is 2.82. The highest BCUT2D eigenvalue weighted by atomic mass is 35.5. The van der Waals surface area contributed by atoms with E-state index >= 15 is 0 Å². The normalized spacial score (nSPS) is 18.6. The zero-order valence-corrected chi connectivity index (χ0v) is 10.9. The molecule has 0 aliphatic heterocycles. The largest absolute Gasteiger partial charge is 0.324 e. The Labute approximate surface area is 111 Å². The average molecular weight is 269 g/mol. The molecular formula is C13H17ClN2O2. The molecular weight excluding hydrogens is 252 g/mol. The van der Waals surface area contributed by atoms with Crippen molar-refractivity contribution in [3.63, 3.8) is 0 Å². The Bertz CT molecular complexity index is 445. The fourth-order valence-corrected chi connectivity index (χ4v) is 2.89. The van der Waals surface area contributed by atoms with Crippen molar-refractivity contribution in [2.75, 3.05) is 0 Å². The van der Waals surface area contributed by atoms with Crippen LogP contribution in [0.2, 0.25) is 5.02 Å². The minimum Gasteiger partial charge on any atom is -0.324 e. The molecule has 1 aliphatic carbocycles. The number of rotatable bonds is 3. The molecule has 1 aliphatic rings. The molecule has 0 aromatic heterocycles. The second-order valence-corrected chi connectivity index (χ2v) is 5.32. The van der Waals surface area contributed by atoms with Crippen molar-refractivity contribution in [3.8, 4) is 0 Å². The summed E-state index contributed by atoms with van der Waals surface area (Å²) in [4.78, 5) is 10.6. The zero-order chi connectivity index (χ0) is 13.1. The lowest BCUT2D eigenvalue weighted by Gasteiger charge is -2.27. The van der Waals surface area contributed by atoms with Gasteiger partial charge >= 0.3 is 0 Å². The number of hydrogen-bond donors (Lipinski definition) is 1. The molecule has 2 rings (SSSR count). The molecule has 2 N–H and O–H groups in total. The lowest BCUT2D eigenvalue weighted by Crippen LogP contribution is -2.24. The van der Waals surface area contributed by atoms with Crippen molar-refractivity contribution in [2.24, 2.45) is 11.7 Å². The molecule has 1 aromatic rings. The number of nitrogens with two attached hydrogens (primary N) is 1. The topological polar surface area (TPSA) is 69.2 Å². The zero-order valence-electron chi connectivity index (χ0n) is 10.1. The minimum atomic E-state index is -0.381. The van der Waals surface area contributed by atoms with Crippen molar-refractivity contribution >= 4 is 17.3 Å². The molecule has 4 nitrogen and oxygen atoms in total. The Morgan fingerprint density at radius 3 is 2.61 bits per heavy atom. The van der Waals surface area contributed by atoms with Crippen LogP contribution in [0.1, 0.15) is 43.7 Å². The molecule has 1 atom stereocenters. The summed E-state index contributed by atoms with van der Waals surface area (Å²) in [5.74, 6) is 0.330. The summed E-state index contributed by atoms with van der Waals surface area (Å²) in [7, 11) is 0. The van der Waals surface area contributed by atoms with Crippen molar-refractivity contribution < 1.29 is 4.92 Å². The molecule has 0 amide bonds. The summed E-state index contributed by atoms with van der Waals surface area (Å²) in [6.07, 6.45) is 5.65. The van der Waals surface area contributed by atoms with Crippen LogP contribution in [0.5, 0.6) is 0 Å². The summed E-state index contributed by atoms with van der Waals surface area (Å²) in [5.41, 5.74) is 6.86. The van der Waals surface area contributed by atoms with E-state index in [9.17, 15) is 10.1 Å². The van der Waals surface area contributed by atoms with Gasteiger partial charge in [0.15, 0.2) is 0 Å². The van der Waals surface area contributed by atoms with Crippen LogP contribution in [0.25, 0.3) is 0 Å². The molecule has 1 saturated carbocycles. The summed E-state index contributed by atoms with van der Waals surface area (Å²) in [5, 5.41) is 11.5. The van der Waals surface area contributed by atoms with Crippen LogP contribution in [0.3, 0.4) is 0 Å². The van der Waals surface area contributed by atoms with Crippen LogP contribution in [-0.4, -0.2) is 4.92 Å². The van der Waals surface area contributed by atoms with Crippen LogP contribution in [0.15, 0.2) is 18.2 Å². The molecule has 0 saturated heterocycles. The Hall–Kier alpha value is -1.13. The average Bonchev–Trinajstić information content (AvgIpc) is 2.38. The van der Waals surface area contributed by atoms with Crippen molar-refractivity contribution in [1.82, 2.24) is 0 Å². The molecule has 98 valence electrons. The molecule has 0 radical (unpaired) electrons. The first kappa shape index (κ1) is 13.3. The molecule has 0 bridgehead atoms. The first-order valence-electron chi connectivity index (χ1n) is 6.29. The summed E-state index contributed by atoms with van der Waals surface area (Å²) < 4.78 is 0. The van der Waals surface area contributed by atoms with Crippen LogP contribution in [0.4, 0.5) is 5.69 Å². The molecule has 0 heterocycles. The highest BCUT2D eigenvalue weighted by Crippen LogP contribution is 2.37. The number of halogens is 1. The second-order valence-electron chi connectivity index (χ2n) is 4.88. The predicted octanol–water partition coefficient (Wildman–Crippen LogP) is 3.83. The van der Waals surface area contributed by atoms with E-state index in [1.165, 1.54) is 18.6 Å². The van der Waals surface area contributed by atoms with Crippen LogP contribution in [0, 0.1) is 16.0 Å². The smallest absolute Gasteiger partial charge is 0.274 e. The third-order valence-corrected chi connectivity index (χ3v) is 3.94. The van der Waals surface area contributed by atoms with E-state index in [1.807, 2.05) is 0 Å². The van der Waals surface area contributed by atoms with E-state index in [4.69, 9.17) is 17.3 Å². The van der Waals surface area contributed by atoms with Crippen molar-refractivity contribution in [1.29, 1.82) is 0 Å². The van der Waals surface area contributed by atoms with Gasteiger partial charge in [-0.3, -0.25) is 10.1 Å². The van der Waals surface area contributed by atoms with Gasteiger partial charge in [0.2, 0.25) is 0 Å². The molecule has 1 fully saturated rings. The quantitative estimate of drug-likeness (QED) is 0.669. The highest BCUT2D eigenvalue weighted by molar-refractivity contribution is 6.30. The Morgan fingerprint density at radius 1 is 1.33 bits per heavy atom. The van der Waals surface area contributed by atoms with E-state index in [2.05, 4.69) is 0 Å². The van der Waals surface area contributed by atoms with Gasteiger partial charge in [0.05, 0.1) is 4.92 Å².